The maximum absolute atomic E-state index is 13.4. The number of aliphatic hydroxyl groups excluding tert-OH is 1. The molecule has 1 fully saturated rings. The number of hydrogen-bond donors (Lipinski definition) is 7. The highest BCUT2D eigenvalue weighted by atomic mass is 16.3. The summed E-state index contributed by atoms with van der Waals surface area (Å²) in [5.74, 6) is -0.112. The third kappa shape index (κ3) is 4.15. The zero-order valence-corrected chi connectivity index (χ0v) is 21.8. The first kappa shape index (κ1) is 25.1. The van der Waals surface area contributed by atoms with Crippen LogP contribution in [0.2, 0.25) is 0 Å². The van der Waals surface area contributed by atoms with Gasteiger partial charge in [-0.1, -0.05) is 12.1 Å². The molecule has 5 atom stereocenters. The minimum atomic E-state index is -1.15. The summed E-state index contributed by atoms with van der Waals surface area (Å²) >= 11 is 0. The number of fused-ring (bicyclic) bond motifs is 1. The van der Waals surface area contributed by atoms with Gasteiger partial charge in [-0.3, -0.25) is 25.3 Å². The second kappa shape index (κ2) is 9.53. The molecule has 1 aromatic carbocycles. The van der Waals surface area contributed by atoms with E-state index in [0.29, 0.717) is 11.3 Å². The highest BCUT2D eigenvalue weighted by Crippen LogP contribution is 2.35. The largest absolute Gasteiger partial charge is 0.385 e. The molecule has 3 aliphatic heterocycles. The van der Waals surface area contributed by atoms with Gasteiger partial charge < -0.3 is 26.4 Å². The summed E-state index contributed by atoms with van der Waals surface area (Å²) in [6.07, 6.45) is 4.52. The van der Waals surface area contributed by atoms with Crippen LogP contribution in [0.3, 0.4) is 0 Å². The van der Waals surface area contributed by atoms with Crippen LogP contribution in [0.25, 0.3) is 0 Å². The van der Waals surface area contributed by atoms with Crippen LogP contribution in [0.1, 0.15) is 50.4 Å². The number of hydrogen-bond acceptors (Lipinski definition) is 9. The average molecular weight is 533 g/mol. The van der Waals surface area contributed by atoms with Crippen LogP contribution in [0, 0.1) is 6.92 Å². The fourth-order valence-corrected chi connectivity index (χ4v) is 6.48. The molecule has 1 aliphatic carbocycles. The summed E-state index contributed by atoms with van der Waals surface area (Å²) in [5, 5.41) is 20.8. The van der Waals surface area contributed by atoms with Crippen molar-refractivity contribution < 1.29 is 19.7 Å². The van der Waals surface area contributed by atoms with E-state index in [4.69, 9.17) is 11.5 Å². The minimum absolute atomic E-state index is 0.136. The van der Waals surface area contributed by atoms with Crippen molar-refractivity contribution in [3.8, 4) is 0 Å². The molecule has 1 spiro atoms. The van der Waals surface area contributed by atoms with Crippen molar-refractivity contribution in [2.45, 2.75) is 62.5 Å². The molecule has 0 saturated carbocycles. The number of aromatic nitrogens is 1. The molecular weight excluding hydrogens is 498 g/mol. The van der Waals surface area contributed by atoms with Gasteiger partial charge in [-0.05, 0) is 67.5 Å². The Morgan fingerprint density at radius 3 is 2.87 bits per heavy atom. The zero-order chi connectivity index (χ0) is 27.3. The van der Waals surface area contributed by atoms with Gasteiger partial charge in [0.1, 0.15) is 17.8 Å². The average Bonchev–Trinajstić information content (AvgIpc) is 3.43. The Morgan fingerprint density at radius 2 is 2.05 bits per heavy atom. The van der Waals surface area contributed by atoms with Gasteiger partial charge in [-0.15, -0.1) is 0 Å². The summed E-state index contributed by atoms with van der Waals surface area (Å²) in [7, 11) is 0. The number of carbonyl (C=O) groups is 2. The van der Waals surface area contributed by atoms with Crippen LogP contribution in [-0.4, -0.2) is 81.7 Å². The number of benzene rings is 1. The summed E-state index contributed by atoms with van der Waals surface area (Å²) in [6.45, 7) is 2.26. The molecule has 39 heavy (non-hydrogen) atoms. The Labute approximate surface area is 226 Å². The van der Waals surface area contributed by atoms with Crippen LogP contribution < -0.4 is 32.4 Å². The van der Waals surface area contributed by atoms with Crippen molar-refractivity contribution >= 4 is 23.7 Å². The number of amides is 2. The Kier molecular flexibility index (Phi) is 6.13. The molecule has 1 unspecified atom stereocenters. The van der Waals surface area contributed by atoms with Crippen molar-refractivity contribution in [1.29, 1.82) is 0 Å². The van der Waals surface area contributed by atoms with Gasteiger partial charge in [0.25, 0.3) is 11.8 Å². The second-order valence-corrected chi connectivity index (χ2v) is 10.8. The number of pyridine rings is 1. The van der Waals surface area contributed by atoms with E-state index in [9.17, 15) is 14.7 Å². The molecule has 6 rings (SSSR count). The van der Waals surface area contributed by atoms with Crippen molar-refractivity contribution in [2.75, 3.05) is 13.1 Å². The number of nitrogens with zero attached hydrogens (tertiary/aromatic N) is 3. The summed E-state index contributed by atoms with van der Waals surface area (Å²) in [5.41, 5.74) is 15.6. The van der Waals surface area contributed by atoms with Crippen molar-refractivity contribution in [1.82, 2.24) is 25.8 Å². The van der Waals surface area contributed by atoms with Crippen LogP contribution in [0.4, 0.5) is 0 Å². The second-order valence-electron chi connectivity index (χ2n) is 10.8. The van der Waals surface area contributed by atoms with E-state index in [1.807, 2.05) is 25.1 Å². The van der Waals surface area contributed by atoms with E-state index in [1.54, 1.807) is 17.2 Å². The normalized spacial score (nSPS) is 28.8. The molecule has 4 heterocycles. The molecular formula is C27H34N9O3+. The van der Waals surface area contributed by atoms with Gasteiger partial charge in [-0.2, -0.15) is 0 Å². The monoisotopic (exact) mass is 532 g/mol. The van der Waals surface area contributed by atoms with Gasteiger partial charge in [0.2, 0.25) is 5.66 Å². The van der Waals surface area contributed by atoms with E-state index in [1.165, 1.54) is 5.56 Å². The zero-order valence-electron chi connectivity index (χ0n) is 21.8. The van der Waals surface area contributed by atoms with E-state index in [0.717, 1.165) is 36.8 Å². The number of aryl methyl sites for hydroxylation is 2. The summed E-state index contributed by atoms with van der Waals surface area (Å²) < 4.78 is 0. The standard InChI is InChI=1S/C27H33N9O3/c1-14-9-10-30-18(11-14)24(39)31-12-19-21-27(35-25(28)34-21)22(37)20(13-36(27)26(29)33-19)32-23(38)17-8-4-6-15-5-2-3-7-16(15)17/h4,6,8-11,19-22,37H,2-3,5,7,12-13H2,1H3,(H2,29,33)(H,31,39)(H,32,38)(H3,28,34,35)/p+1/t19-,20?,21-,22+,27-/m0/s1. The van der Waals surface area contributed by atoms with Crippen LogP contribution in [-0.2, 0) is 12.8 Å². The van der Waals surface area contributed by atoms with Crippen LogP contribution >= 0.6 is 0 Å². The molecule has 12 nitrogen and oxygen atoms in total. The minimum Gasteiger partial charge on any atom is -0.385 e. The molecule has 2 amide bonds. The van der Waals surface area contributed by atoms with Gasteiger partial charge in [0, 0.05) is 24.8 Å². The third-order valence-electron chi connectivity index (χ3n) is 8.31. The van der Waals surface area contributed by atoms with Gasteiger partial charge in [-0.25, -0.2) is 10.3 Å². The van der Waals surface area contributed by atoms with E-state index >= 15 is 0 Å². The molecule has 12 heteroatoms. The molecule has 4 aliphatic rings. The maximum Gasteiger partial charge on any atom is 0.343 e. The van der Waals surface area contributed by atoms with Crippen LogP contribution in [0.15, 0.2) is 41.5 Å². The number of guanidine groups is 2. The molecule has 0 bridgehead atoms. The number of nitrogens with two attached hydrogens (primary N) is 2. The molecule has 1 saturated heterocycles. The SMILES string of the molecule is Cc1ccnc(C(=O)NC[C@@H]2N=C(N)N3CC(NC(=O)c4cccc5c4CCCC5)[C@@H](O)[C@@]34NC(N)=[NH+][C@@H]24)c1. The van der Waals surface area contributed by atoms with Crippen molar-refractivity contribution in [3.63, 3.8) is 0 Å². The predicted molar refractivity (Wildman–Crippen MR) is 144 cm³/mol. The molecule has 1 aromatic heterocycles. The van der Waals surface area contributed by atoms with E-state index < -0.39 is 29.9 Å². The van der Waals surface area contributed by atoms with Gasteiger partial charge in [0.05, 0.1) is 6.04 Å². The van der Waals surface area contributed by atoms with E-state index in [-0.39, 0.29) is 36.8 Å². The fraction of sp³-hybridized carbons (Fsp3) is 0.444. The Balaban J connectivity index is 1.22. The maximum atomic E-state index is 13.4. The number of rotatable bonds is 5. The molecule has 9 N–H and O–H groups in total. The van der Waals surface area contributed by atoms with Gasteiger partial charge in [0.15, 0.2) is 12.0 Å². The lowest BCUT2D eigenvalue weighted by Crippen LogP contribution is -2.88. The highest BCUT2D eigenvalue weighted by Gasteiger charge is 2.68. The Bertz CT molecular complexity index is 1390. The topological polar surface area (TPSA) is 185 Å². The first-order chi connectivity index (χ1) is 18.8. The number of aliphatic hydroxyl groups is 1. The summed E-state index contributed by atoms with van der Waals surface area (Å²) in [4.78, 5) is 39.9. The quantitative estimate of drug-likeness (QED) is 0.216. The molecule has 2 aromatic rings. The lowest BCUT2D eigenvalue weighted by atomic mass is 9.87. The predicted octanol–water partition coefficient (Wildman–Crippen LogP) is -2.77. The van der Waals surface area contributed by atoms with Crippen molar-refractivity contribution in [2.24, 2.45) is 16.5 Å². The summed E-state index contributed by atoms with van der Waals surface area (Å²) in [6, 6.07) is 7.64. The van der Waals surface area contributed by atoms with Crippen LogP contribution in [0.5, 0.6) is 0 Å². The lowest BCUT2D eigenvalue weighted by Gasteiger charge is -2.43. The Hall–Kier alpha value is -4.19. The third-order valence-corrected chi connectivity index (χ3v) is 8.31. The lowest BCUT2D eigenvalue weighted by molar-refractivity contribution is -0.513. The number of carbonyl (C=O) groups excluding carboxylic acids is 2. The van der Waals surface area contributed by atoms with Crippen molar-refractivity contribution in [3.05, 3.63) is 64.5 Å². The fourth-order valence-electron chi connectivity index (χ4n) is 6.48. The number of nitrogens with one attached hydrogen (secondary N) is 4. The van der Waals surface area contributed by atoms with Gasteiger partial charge >= 0.3 is 5.96 Å². The Morgan fingerprint density at radius 1 is 1.23 bits per heavy atom. The highest BCUT2D eigenvalue weighted by molar-refractivity contribution is 5.96. The first-order valence-corrected chi connectivity index (χ1v) is 13.4. The molecule has 204 valence electrons. The first-order valence-electron chi connectivity index (χ1n) is 13.4. The smallest absolute Gasteiger partial charge is 0.343 e. The molecule has 0 radical (unpaired) electrons. The van der Waals surface area contributed by atoms with E-state index in [2.05, 4.69) is 37.0 Å². The number of aliphatic imine (C=N–C) groups is 1.